The van der Waals surface area contributed by atoms with Gasteiger partial charge in [0.1, 0.15) is 5.69 Å². The Bertz CT molecular complexity index is 402. The van der Waals surface area contributed by atoms with E-state index in [2.05, 4.69) is 4.99 Å². The van der Waals surface area contributed by atoms with Crippen molar-refractivity contribution in [3.8, 4) is 0 Å². The summed E-state index contributed by atoms with van der Waals surface area (Å²) < 4.78 is 0. The Morgan fingerprint density at radius 1 is 1.40 bits per heavy atom. The van der Waals surface area contributed by atoms with Gasteiger partial charge in [-0.05, 0) is 12.1 Å². The molecule has 15 heavy (non-hydrogen) atoms. The maximum atomic E-state index is 10.5. The number of guanidine groups is 1. The van der Waals surface area contributed by atoms with Crippen LogP contribution in [0.15, 0.2) is 23.2 Å². The van der Waals surface area contributed by atoms with Crippen molar-refractivity contribution in [2.75, 3.05) is 5.73 Å². The van der Waals surface area contributed by atoms with E-state index < -0.39 is 4.92 Å². The highest BCUT2D eigenvalue weighted by atomic mass is 35.5. The molecule has 7 nitrogen and oxygen atoms in total. The number of nitrogens with two attached hydrogens (primary N) is 3. The molecule has 82 valence electrons. The lowest BCUT2D eigenvalue weighted by Crippen LogP contribution is -2.21. The van der Waals surface area contributed by atoms with Crippen molar-refractivity contribution in [3.63, 3.8) is 0 Å². The van der Waals surface area contributed by atoms with Gasteiger partial charge in [-0.2, -0.15) is 0 Å². The Morgan fingerprint density at radius 2 is 2.00 bits per heavy atom. The normalized spacial score (nSPS) is 8.80. The number of halogens is 1. The molecule has 0 aliphatic rings. The minimum absolute atomic E-state index is 0. The van der Waals surface area contributed by atoms with Gasteiger partial charge in [0.2, 0.25) is 0 Å². The summed E-state index contributed by atoms with van der Waals surface area (Å²) in [5.41, 5.74) is 15.8. The van der Waals surface area contributed by atoms with Crippen LogP contribution in [0.25, 0.3) is 0 Å². The predicted octanol–water partition coefficient (Wildman–Crippen LogP) is 0.504. The standard InChI is InChI=1S/C7H9N5O2.ClH/c8-5-2-1-4(11-7(9)10)3-6(5)12(13)14;/h1-3H,8H2,(H4,9,10,11);1H. The summed E-state index contributed by atoms with van der Waals surface area (Å²) in [6, 6.07) is 4.07. The third kappa shape index (κ3) is 3.31. The minimum atomic E-state index is -0.596. The zero-order valence-electron chi connectivity index (χ0n) is 7.58. The predicted molar refractivity (Wildman–Crippen MR) is 60.2 cm³/mol. The number of anilines is 1. The van der Waals surface area contributed by atoms with Crippen molar-refractivity contribution < 1.29 is 4.92 Å². The van der Waals surface area contributed by atoms with Crippen molar-refractivity contribution in [2.45, 2.75) is 0 Å². The molecule has 1 aromatic rings. The first-order valence-corrected chi connectivity index (χ1v) is 3.64. The molecular formula is C7H10ClN5O2. The quantitative estimate of drug-likeness (QED) is 0.224. The third-order valence-corrected chi connectivity index (χ3v) is 1.47. The van der Waals surface area contributed by atoms with Crippen molar-refractivity contribution in [2.24, 2.45) is 16.5 Å². The second kappa shape index (κ2) is 5.01. The number of aliphatic imine (C=N–C) groups is 1. The summed E-state index contributed by atoms with van der Waals surface area (Å²) in [4.78, 5) is 13.5. The Labute approximate surface area is 91.5 Å². The lowest BCUT2D eigenvalue weighted by atomic mass is 10.2. The number of rotatable bonds is 2. The lowest BCUT2D eigenvalue weighted by molar-refractivity contribution is -0.383. The molecule has 0 atom stereocenters. The summed E-state index contributed by atoms with van der Waals surface area (Å²) in [6.45, 7) is 0. The van der Waals surface area contributed by atoms with E-state index in [0.29, 0.717) is 5.69 Å². The number of nitro groups is 1. The van der Waals surface area contributed by atoms with Gasteiger partial charge in [0.25, 0.3) is 5.69 Å². The largest absolute Gasteiger partial charge is 0.393 e. The molecule has 0 spiro atoms. The average molecular weight is 232 g/mol. The Morgan fingerprint density at radius 3 is 2.47 bits per heavy atom. The number of nitro benzene ring substituents is 1. The first-order valence-electron chi connectivity index (χ1n) is 3.64. The molecule has 0 aliphatic carbocycles. The van der Waals surface area contributed by atoms with E-state index in [0.717, 1.165) is 0 Å². The highest BCUT2D eigenvalue weighted by Crippen LogP contribution is 2.26. The fraction of sp³-hybridized carbons (Fsp3) is 0. The molecule has 1 rings (SSSR count). The zero-order chi connectivity index (χ0) is 10.7. The van der Waals surface area contributed by atoms with Gasteiger partial charge in [-0.15, -0.1) is 12.4 Å². The molecule has 0 unspecified atom stereocenters. The van der Waals surface area contributed by atoms with Crippen LogP contribution < -0.4 is 17.2 Å². The summed E-state index contributed by atoms with van der Waals surface area (Å²) in [7, 11) is 0. The van der Waals surface area contributed by atoms with E-state index in [4.69, 9.17) is 17.2 Å². The monoisotopic (exact) mass is 231 g/mol. The summed E-state index contributed by atoms with van der Waals surface area (Å²) in [5.74, 6) is -0.163. The fourth-order valence-electron chi connectivity index (χ4n) is 0.909. The maximum Gasteiger partial charge on any atom is 0.294 e. The van der Waals surface area contributed by atoms with E-state index in [1.807, 2.05) is 0 Å². The molecule has 6 N–H and O–H groups in total. The lowest BCUT2D eigenvalue weighted by Gasteiger charge is -1.98. The average Bonchev–Trinajstić information content (AvgIpc) is 2.07. The molecule has 0 heterocycles. The third-order valence-electron chi connectivity index (χ3n) is 1.47. The first-order chi connectivity index (χ1) is 6.50. The Balaban J connectivity index is 0.00000196. The van der Waals surface area contributed by atoms with Crippen LogP contribution in [0.4, 0.5) is 17.1 Å². The van der Waals surface area contributed by atoms with Crippen LogP contribution in [0.5, 0.6) is 0 Å². The van der Waals surface area contributed by atoms with Gasteiger partial charge in [0.05, 0.1) is 10.6 Å². The smallest absolute Gasteiger partial charge is 0.294 e. The molecule has 0 saturated carbocycles. The molecule has 0 radical (unpaired) electrons. The topological polar surface area (TPSA) is 134 Å². The minimum Gasteiger partial charge on any atom is -0.393 e. The molecule has 0 saturated heterocycles. The van der Waals surface area contributed by atoms with Crippen molar-refractivity contribution >= 4 is 35.4 Å². The molecule has 0 aromatic heterocycles. The van der Waals surface area contributed by atoms with E-state index in [1.165, 1.54) is 18.2 Å². The molecule has 0 bridgehead atoms. The highest BCUT2D eigenvalue weighted by Gasteiger charge is 2.11. The molecule has 0 aliphatic heterocycles. The van der Waals surface area contributed by atoms with Crippen LogP contribution in [-0.2, 0) is 0 Å². The van der Waals surface area contributed by atoms with Crippen LogP contribution >= 0.6 is 12.4 Å². The van der Waals surface area contributed by atoms with Gasteiger partial charge >= 0.3 is 0 Å². The molecule has 8 heteroatoms. The van der Waals surface area contributed by atoms with Crippen molar-refractivity contribution in [3.05, 3.63) is 28.3 Å². The summed E-state index contributed by atoms with van der Waals surface area (Å²) in [6.07, 6.45) is 0. The van der Waals surface area contributed by atoms with Crippen molar-refractivity contribution in [1.82, 2.24) is 0 Å². The number of nitrogen functional groups attached to an aromatic ring is 1. The number of hydrogen-bond acceptors (Lipinski definition) is 4. The molecule has 0 amide bonds. The van der Waals surface area contributed by atoms with Crippen LogP contribution in [0.3, 0.4) is 0 Å². The number of hydrogen-bond donors (Lipinski definition) is 3. The maximum absolute atomic E-state index is 10.5. The Kier molecular flexibility index (Phi) is 4.33. The molecule has 0 fully saturated rings. The van der Waals surface area contributed by atoms with Crippen molar-refractivity contribution in [1.29, 1.82) is 0 Å². The second-order valence-electron chi connectivity index (χ2n) is 2.54. The zero-order valence-corrected chi connectivity index (χ0v) is 8.40. The number of nitrogens with zero attached hydrogens (tertiary/aromatic N) is 2. The van der Waals surface area contributed by atoms with E-state index >= 15 is 0 Å². The van der Waals surface area contributed by atoms with Gasteiger partial charge in [-0.25, -0.2) is 4.99 Å². The summed E-state index contributed by atoms with van der Waals surface area (Å²) in [5, 5.41) is 10.5. The van der Waals surface area contributed by atoms with E-state index in [9.17, 15) is 10.1 Å². The SMILES string of the molecule is Cl.NC(N)=Nc1ccc(N)c([N+](=O)[O-])c1. The van der Waals surface area contributed by atoms with Gasteiger partial charge in [0.15, 0.2) is 5.96 Å². The number of benzene rings is 1. The second-order valence-corrected chi connectivity index (χ2v) is 2.54. The van der Waals surface area contributed by atoms with Gasteiger partial charge in [-0.1, -0.05) is 0 Å². The fourth-order valence-corrected chi connectivity index (χ4v) is 0.909. The van der Waals surface area contributed by atoms with Crippen LogP contribution in [0, 0.1) is 10.1 Å². The Hall–Kier alpha value is -2.02. The molecular weight excluding hydrogens is 222 g/mol. The van der Waals surface area contributed by atoms with E-state index in [1.54, 1.807) is 0 Å². The highest BCUT2D eigenvalue weighted by molar-refractivity contribution is 5.85. The van der Waals surface area contributed by atoms with Crippen LogP contribution in [0.1, 0.15) is 0 Å². The van der Waals surface area contributed by atoms with Crippen LogP contribution in [0.2, 0.25) is 0 Å². The first kappa shape index (κ1) is 13.0. The summed E-state index contributed by atoms with van der Waals surface area (Å²) >= 11 is 0. The van der Waals surface area contributed by atoms with Gasteiger partial charge in [0, 0.05) is 6.07 Å². The van der Waals surface area contributed by atoms with E-state index in [-0.39, 0.29) is 29.7 Å². The van der Waals surface area contributed by atoms with Crippen LogP contribution in [-0.4, -0.2) is 10.9 Å². The van der Waals surface area contributed by atoms with Gasteiger partial charge in [-0.3, -0.25) is 10.1 Å². The molecule has 1 aromatic carbocycles. The van der Waals surface area contributed by atoms with Gasteiger partial charge < -0.3 is 17.2 Å².